The third-order valence-electron chi connectivity index (χ3n) is 3.91. The van der Waals surface area contributed by atoms with E-state index in [0.717, 1.165) is 19.5 Å². The molecule has 1 aromatic carbocycles. The highest BCUT2D eigenvalue weighted by Crippen LogP contribution is 2.30. The van der Waals surface area contributed by atoms with Crippen LogP contribution in [0.1, 0.15) is 31.0 Å². The van der Waals surface area contributed by atoms with Gasteiger partial charge in [-0.15, -0.1) is 0 Å². The van der Waals surface area contributed by atoms with Crippen LogP contribution >= 0.6 is 0 Å². The Hall–Kier alpha value is -1.06. The zero-order valence-electron chi connectivity index (χ0n) is 11.9. The molecule has 0 saturated heterocycles. The van der Waals surface area contributed by atoms with Gasteiger partial charge in [-0.25, -0.2) is 0 Å². The number of ether oxygens (including phenoxy) is 1. The fourth-order valence-corrected chi connectivity index (χ4v) is 2.50. The molecule has 0 aliphatic carbocycles. The van der Waals surface area contributed by atoms with Crippen molar-refractivity contribution in [2.45, 2.75) is 32.4 Å². The van der Waals surface area contributed by atoms with Crippen LogP contribution in [0.4, 0.5) is 5.69 Å². The Balaban J connectivity index is 2.15. The number of fused-ring (bicyclic) bond motifs is 1. The van der Waals surface area contributed by atoms with Gasteiger partial charge in [0.25, 0.3) is 0 Å². The van der Waals surface area contributed by atoms with Crippen molar-refractivity contribution in [2.24, 2.45) is 0 Å². The summed E-state index contributed by atoms with van der Waals surface area (Å²) in [5, 5.41) is 3.29. The van der Waals surface area contributed by atoms with Gasteiger partial charge >= 0.3 is 0 Å². The minimum Gasteiger partial charge on any atom is -0.380 e. The highest BCUT2D eigenvalue weighted by Gasteiger charge is 2.21. The molecule has 1 aliphatic heterocycles. The minimum atomic E-state index is 0.284. The molecular weight excluding hydrogens is 224 g/mol. The summed E-state index contributed by atoms with van der Waals surface area (Å²) in [6.07, 6.45) is 1.43. The Morgan fingerprint density at radius 1 is 1.39 bits per heavy atom. The van der Waals surface area contributed by atoms with Crippen LogP contribution in [0.15, 0.2) is 18.2 Å². The second kappa shape index (κ2) is 5.72. The Labute approximate surface area is 110 Å². The molecule has 0 spiro atoms. The molecule has 1 heterocycles. The molecule has 2 unspecified atom stereocenters. The maximum atomic E-state index is 5.35. The lowest BCUT2D eigenvalue weighted by Crippen LogP contribution is -2.30. The summed E-state index contributed by atoms with van der Waals surface area (Å²) in [5.74, 6) is 0. The van der Waals surface area contributed by atoms with Gasteiger partial charge in [0.2, 0.25) is 0 Å². The highest BCUT2D eigenvalue weighted by atomic mass is 16.5. The van der Waals surface area contributed by atoms with Gasteiger partial charge in [-0.05, 0) is 44.5 Å². The van der Waals surface area contributed by atoms with Gasteiger partial charge < -0.3 is 15.0 Å². The van der Waals surface area contributed by atoms with Crippen LogP contribution in [0.5, 0.6) is 0 Å². The molecule has 3 heteroatoms. The van der Waals surface area contributed by atoms with Crippen LogP contribution in [-0.4, -0.2) is 33.4 Å². The van der Waals surface area contributed by atoms with Crippen molar-refractivity contribution in [3.63, 3.8) is 0 Å². The van der Waals surface area contributed by atoms with E-state index in [1.807, 2.05) is 7.05 Å². The minimum absolute atomic E-state index is 0.284. The van der Waals surface area contributed by atoms with Gasteiger partial charge in [0.15, 0.2) is 0 Å². The number of rotatable bonds is 5. The Morgan fingerprint density at radius 2 is 2.17 bits per heavy atom. The fraction of sp³-hybridized carbons (Fsp3) is 0.600. The summed E-state index contributed by atoms with van der Waals surface area (Å²) in [5.41, 5.74) is 4.22. The fourth-order valence-electron chi connectivity index (χ4n) is 2.50. The summed E-state index contributed by atoms with van der Waals surface area (Å²) < 4.78 is 5.35. The summed E-state index contributed by atoms with van der Waals surface area (Å²) in [7, 11) is 3.78. The lowest BCUT2D eigenvalue weighted by atomic mass is 10.0. The normalized spacial score (nSPS) is 17.7. The van der Waals surface area contributed by atoms with E-state index in [4.69, 9.17) is 4.74 Å². The second-order valence-electron chi connectivity index (χ2n) is 5.14. The van der Waals surface area contributed by atoms with Crippen LogP contribution in [0.25, 0.3) is 0 Å². The topological polar surface area (TPSA) is 24.5 Å². The molecule has 100 valence electrons. The van der Waals surface area contributed by atoms with Gasteiger partial charge in [0.05, 0.1) is 6.10 Å². The van der Waals surface area contributed by atoms with E-state index < -0.39 is 0 Å². The predicted molar refractivity (Wildman–Crippen MR) is 76.3 cm³/mol. The molecule has 0 radical (unpaired) electrons. The van der Waals surface area contributed by atoms with E-state index in [0.29, 0.717) is 6.04 Å². The zero-order chi connectivity index (χ0) is 13.1. The Bertz CT molecular complexity index is 405. The lowest BCUT2D eigenvalue weighted by molar-refractivity contribution is 0.123. The first-order valence-electron chi connectivity index (χ1n) is 6.73. The summed E-state index contributed by atoms with van der Waals surface area (Å²) in [6, 6.07) is 7.25. The number of nitrogens with zero attached hydrogens (tertiary/aromatic N) is 1. The van der Waals surface area contributed by atoms with Crippen molar-refractivity contribution in [2.75, 3.05) is 32.1 Å². The lowest BCUT2D eigenvalue weighted by Gasteiger charge is -2.23. The first-order valence-corrected chi connectivity index (χ1v) is 6.73. The molecular formula is C15H24N2O. The van der Waals surface area contributed by atoms with Crippen molar-refractivity contribution in [1.82, 2.24) is 5.32 Å². The SMILES string of the molecule is CNC(C)c1ccc2c(c1)CCN2CC(C)OC. The number of benzene rings is 1. The van der Waals surface area contributed by atoms with E-state index in [9.17, 15) is 0 Å². The largest absolute Gasteiger partial charge is 0.380 e. The van der Waals surface area contributed by atoms with E-state index >= 15 is 0 Å². The van der Waals surface area contributed by atoms with Crippen molar-refractivity contribution in [1.29, 1.82) is 0 Å². The standard InChI is InChI=1S/C15H24N2O/c1-11(18-4)10-17-8-7-14-9-13(12(2)16-3)5-6-15(14)17/h5-6,9,11-12,16H,7-8,10H2,1-4H3. The summed E-state index contributed by atoms with van der Waals surface area (Å²) in [6.45, 7) is 6.40. The number of methoxy groups -OCH3 is 1. The van der Waals surface area contributed by atoms with Gasteiger partial charge in [-0.2, -0.15) is 0 Å². The van der Waals surface area contributed by atoms with Crippen LogP contribution in [0, 0.1) is 0 Å². The molecule has 1 aliphatic rings. The van der Waals surface area contributed by atoms with Crippen molar-refractivity contribution < 1.29 is 4.74 Å². The van der Waals surface area contributed by atoms with Crippen molar-refractivity contribution >= 4 is 5.69 Å². The number of anilines is 1. The molecule has 2 rings (SSSR count). The zero-order valence-corrected chi connectivity index (χ0v) is 11.9. The van der Waals surface area contributed by atoms with Crippen LogP contribution < -0.4 is 10.2 Å². The van der Waals surface area contributed by atoms with Crippen LogP contribution in [0.3, 0.4) is 0 Å². The number of hydrogen-bond acceptors (Lipinski definition) is 3. The summed E-state index contributed by atoms with van der Waals surface area (Å²) in [4.78, 5) is 2.43. The number of hydrogen-bond donors (Lipinski definition) is 1. The maximum Gasteiger partial charge on any atom is 0.0718 e. The van der Waals surface area contributed by atoms with E-state index in [1.165, 1.54) is 16.8 Å². The van der Waals surface area contributed by atoms with Gasteiger partial charge in [0, 0.05) is 31.9 Å². The smallest absolute Gasteiger partial charge is 0.0718 e. The summed E-state index contributed by atoms with van der Waals surface area (Å²) >= 11 is 0. The molecule has 1 aromatic rings. The number of nitrogens with one attached hydrogen (secondary N) is 1. The monoisotopic (exact) mass is 248 g/mol. The van der Waals surface area contributed by atoms with Gasteiger partial charge in [-0.3, -0.25) is 0 Å². The molecule has 1 N–H and O–H groups in total. The Kier molecular flexibility index (Phi) is 4.25. The molecule has 18 heavy (non-hydrogen) atoms. The van der Waals surface area contributed by atoms with Crippen molar-refractivity contribution in [3.05, 3.63) is 29.3 Å². The van der Waals surface area contributed by atoms with Crippen LogP contribution in [0.2, 0.25) is 0 Å². The highest BCUT2D eigenvalue weighted by molar-refractivity contribution is 5.59. The molecule has 0 saturated carbocycles. The molecule has 0 amide bonds. The average molecular weight is 248 g/mol. The quantitative estimate of drug-likeness (QED) is 0.866. The molecule has 3 nitrogen and oxygen atoms in total. The molecule has 0 bridgehead atoms. The first-order chi connectivity index (χ1) is 8.65. The van der Waals surface area contributed by atoms with Gasteiger partial charge in [0.1, 0.15) is 0 Å². The Morgan fingerprint density at radius 3 is 2.83 bits per heavy atom. The second-order valence-corrected chi connectivity index (χ2v) is 5.14. The van der Waals surface area contributed by atoms with Crippen LogP contribution in [-0.2, 0) is 11.2 Å². The maximum absolute atomic E-state index is 5.35. The first kappa shape index (κ1) is 13.4. The van der Waals surface area contributed by atoms with E-state index in [1.54, 1.807) is 7.11 Å². The van der Waals surface area contributed by atoms with Crippen molar-refractivity contribution in [3.8, 4) is 0 Å². The molecule has 2 atom stereocenters. The average Bonchev–Trinajstić information content (AvgIpc) is 2.80. The third kappa shape index (κ3) is 2.68. The van der Waals surface area contributed by atoms with E-state index in [-0.39, 0.29) is 6.10 Å². The third-order valence-corrected chi connectivity index (χ3v) is 3.91. The van der Waals surface area contributed by atoms with Gasteiger partial charge in [-0.1, -0.05) is 12.1 Å². The molecule has 0 aromatic heterocycles. The molecule has 0 fully saturated rings. The van der Waals surface area contributed by atoms with E-state index in [2.05, 4.69) is 42.3 Å². The predicted octanol–water partition coefficient (Wildman–Crippen LogP) is 2.36.